The fraction of sp³-hybridized carbons (Fsp3) is 0.0909. The van der Waals surface area contributed by atoms with Crippen molar-refractivity contribution in [1.29, 1.82) is 0 Å². The summed E-state index contributed by atoms with van der Waals surface area (Å²) < 4.78 is 0. The number of hydrogen-bond donors (Lipinski definition) is 2. The Labute approximate surface area is 98.5 Å². The van der Waals surface area contributed by atoms with Gasteiger partial charge in [-0.2, -0.15) is 0 Å². The highest BCUT2D eigenvalue weighted by molar-refractivity contribution is 6.31. The Hall–Kier alpha value is -1.81. The minimum absolute atomic E-state index is 0.427. The van der Waals surface area contributed by atoms with E-state index in [4.69, 9.17) is 17.3 Å². The summed E-state index contributed by atoms with van der Waals surface area (Å²) in [6.07, 6.45) is 1.41. The minimum atomic E-state index is 0.427. The van der Waals surface area contributed by atoms with Crippen molar-refractivity contribution in [2.45, 2.75) is 6.92 Å². The molecule has 0 bridgehead atoms. The third-order valence-electron chi connectivity index (χ3n) is 2.13. The molecule has 82 valence electrons. The lowest BCUT2D eigenvalue weighted by molar-refractivity contribution is 1.18. The molecule has 0 aliphatic carbocycles. The lowest BCUT2D eigenvalue weighted by atomic mass is 10.2. The molecule has 0 amide bonds. The number of aryl methyl sites for hydroxylation is 1. The molecule has 0 unspecified atom stereocenters. The second kappa shape index (κ2) is 4.37. The summed E-state index contributed by atoms with van der Waals surface area (Å²) in [5.41, 5.74) is 7.45. The Morgan fingerprint density at radius 3 is 2.75 bits per heavy atom. The molecule has 0 fully saturated rings. The summed E-state index contributed by atoms with van der Waals surface area (Å²) in [5, 5.41) is 3.81. The van der Waals surface area contributed by atoms with E-state index in [1.165, 1.54) is 6.33 Å². The van der Waals surface area contributed by atoms with Crippen LogP contribution in [0.15, 0.2) is 30.6 Å². The van der Waals surface area contributed by atoms with Crippen LogP contribution in [0.3, 0.4) is 0 Å². The first-order valence-electron chi connectivity index (χ1n) is 4.76. The van der Waals surface area contributed by atoms with Crippen molar-refractivity contribution in [2.24, 2.45) is 0 Å². The molecule has 1 aromatic carbocycles. The largest absolute Gasteiger partial charge is 0.384 e. The number of rotatable bonds is 2. The maximum atomic E-state index is 6.01. The van der Waals surface area contributed by atoms with Crippen molar-refractivity contribution in [2.75, 3.05) is 11.1 Å². The zero-order chi connectivity index (χ0) is 11.5. The van der Waals surface area contributed by atoms with Gasteiger partial charge in [-0.15, -0.1) is 0 Å². The van der Waals surface area contributed by atoms with E-state index in [2.05, 4.69) is 15.3 Å². The van der Waals surface area contributed by atoms with Gasteiger partial charge in [-0.3, -0.25) is 0 Å². The van der Waals surface area contributed by atoms with Gasteiger partial charge in [0.25, 0.3) is 0 Å². The number of anilines is 3. The molecule has 3 N–H and O–H groups in total. The normalized spacial score (nSPS) is 10.1. The average Bonchev–Trinajstić information content (AvgIpc) is 2.24. The van der Waals surface area contributed by atoms with Crippen LogP contribution >= 0.6 is 11.6 Å². The quantitative estimate of drug-likeness (QED) is 0.839. The maximum absolute atomic E-state index is 6.01. The van der Waals surface area contributed by atoms with Gasteiger partial charge in [-0.1, -0.05) is 17.7 Å². The Kier molecular flexibility index (Phi) is 2.92. The molecule has 0 saturated heterocycles. The van der Waals surface area contributed by atoms with Crippen LogP contribution in [0.4, 0.5) is 17.3 Å². The van der Waals surface area contributed by atoms with Gasteiger partial charge in [0, 0.05) is 16.8 Å². The fourth-order valence-corrected chi connectivity index (χ4v) is 1.44. The van der Waals surface area contributed by atoms with Gasteiger partial charge in [0.2, 0.25) is 0 Å². The molecule has 16 heavy (non-hydrogen) atoms. The van der Waals surface area contributed by atoms with Crippen LogP contribution in [0.1, 0.15) is 5.56 Å². The predicted molar refractivity (Wildman–Crippen MR) is 65.9 cm³/mol. The second-order valence-electron chi connectivity index (χ2n) is 3.42. The number of hydrogen-bond acceptors (Lipinski definition) is 4. The number of nitrogens with zero attached hydrogens (tertiary/aromatic N) is 2. The van der Waals surface area contributed by atoms with Crippen LogP contribution in [-0.2, 0) is 0 Å². The SMILES string of the molecule is Cc1ccc(Nc2cc(N)ncn2)cc1Cl. The molecule has 2 rings (SSSR count). The number of halogens is 1. The molecule has 0 saturated carbocycles. The van der Waals surface area contributed by atoms with Crippen LogP contribution in [-0.4, -0.2) is 9.97 Å². The van der Waals surface area contributed by atoms with Gasteiger partial charge < -0.3 is 11.1 Å². The molecule has 0 radical (unpaired) electrons. The third-order valence-corrected chi connectivity index (χ3v) is 2.54. The van der Waals surface area contributed by atoms with Crippen LogP contribution in [0, 0.1) is 6.92 Å². The predicted octanol–water partition coefficient (Wildman–Crippen LogP) is 2.76. The van der Waals surface area contributed by atoms with E-state index >= 15 is 0 Å². The molecule has 1 heterocycles. The van der Waals surface area contributed by atoms with Crippen molar-refractivity contribution in [3.8, 4) is 0 Å². The number of benzene rings is 1. The highest BCUT2D eigenvalue weighted by Gasteiger charge is 2.00. The third kappa shape index (κ3) is 2.41. The Morgan fingerprint density at radius 1 is 1.25 bits per heavy atom. The topological polar surface area (TPSA) is 63.8 Å². The molecule has 2 aromatic rings. The summed E-state index contributed by atoms with van der Waals surface area (Å²) in [6.45, 7) is 1.95. The van der Waals surface area contributed by atoms with E-state index in [9.17, 15) is 0 Å². The standard InChI is InChI=1S/C11H11ClN4/c1-7-2-3-8(4-9(7)12)16-11-5-10(13)14-6-15-11/h2-6H,1H3,(H3,13,14,15,16). The van der Waals surface area contributed by atoms with E-state index in [1.54, 1.807) is 6.07 Å². The van der Waals surface area contributed by atoms with Crippen LogP contribution in [0.5, 0.6) is 0 Å². The van der Waals surface area contributed by atoms with Crippen molar-refractivity contribution >= 4 is 28.9 Å². The molecular formula is C11H11ClN4. The monoisotopic (exact) mass is 234 g/mol. The zero-order valence-electron chi connectivity index (χ0n) is 8.74. The number of nitrogens with two attached hydrogens (primary N) is 1. The van der Waals surface area contributed by atoms with Crippen molar-refractivity contribution < 1.29 is 0 Å². The number of nitrogens with one attached hydrogen (secondary N) is 1. The van der Waals surface area contributed by atoms with Gasteiger partial charge >= 0.3 is 0 Å². The minimum Gasteiger partial charge on any atom is -0.384 e. The van der Waals surface area contributed by atoms with Gasteiger partial charge in [-0.25, -0.2) is 9.97 Å². The molecule has 0 spiro atoms. The zero-order valence-corrected chi connectivity index (χ0v) is 9.49. The van der Waals surface area contributed by atoms with E-state index in [1.807, 2.05) is 25.1 Å². The van der Waals surface area contributed by atoms with Gasteiger partial charge in [0.05, 0.1) is 0 Å². The van der Waals surface area contributed by atoms with E-state index in [0.717, 1.165) is 11.3 Å². The Balaban J connectivity index is 2.24. The van der Waals surface area contributed by atoms with Gasteiger partial charge in [0.15, 0.2) is 0 Å². The van der Waals surface area contributed by atoms with Gasteiger partial charge in [0.1, 0.15) is 18.0 Å². The summed E-state index contributed by atoms with van der Waals surface area (Å²) in [5.74, 6) is 1.07. The molecule has 5 heteroatoms. The molecule has 0 aliphatic rings. The number of nitrogen functional groups attached to an aromatic ring is 1. The van der Waals surface area contributed by atoms with Gasteiger partial charge in [-0.05, 0) is 24.6 Å². The van der Waals surface area contributed by atoms with E-state index in [-0.39, 0.29) is 0 Å². The molecule has 0 aliphatic heterocycles. The Bertz CT molecular complexity index is 513. The molecular weight excluding hydrogens is 224 g/mol. The van der Waals surface area contributed by atoms with E-state index < -0.39 is 0 Å². The van der Waals surface area contributed by atoms with Crippen LogP contribution in [0.2, 0.25) is 5.02 Å². The lowest BCUT2D eigenvalue weighted by Gasteiger charge is -2.07. The Morgan fingerprint density at radius 2 is 2.06 bits per heavy atom. The van der Waals surface area contributed by atoms with Crippen LogP contribution < -0.4 is 11.1 Å². The van der Waals surface area contributed by atoms with Crippen molar-refractivity contribution in [1.82, 2.24) is 9.97 Å². The fourth-order valence-electron chi connectivity index (χ4n) is 1.26. The number of aromatic nitrogens is 2. The summed E-state index contributed by atoms with van der Waals surface area (Å²) in [6, 6.07) is 7.37. The second-order valence-corrected chi connectivity index (χ2v) is 3.82. The summed E-state index contributed by atoms with van der Waals surface area (Å²) >= 11 is 6.01. The highest BCUT2D eigenvalue weighted by Crippen LogP contribution is 2.22. The highest BCUT2D eigenvalue weighted by atomic mass is 35.5. The average molecular weight is 235 g/mol. The maximum Gasteiger partial charge on any atom is 0.135 e. The smallest absolute Gasteiger partial charge is 0.135 e. The van der Waals surface area contributed by atoms with Crippen molar-refractivity contribution in [3.63, 3.8) is 0 Å². The lowest BCUT2D eigenvalue weighted by Crippen LogP contribution is -1.97. The van der Waals surface area contributed by atoms with Crippen molar-refractivity contribution in [3.05, 3.63) is 41.2 Å². The first-order valence-corrected chi connectivity index (χ1v) is 5.13. The summed E-state index contributed by atoms with van der Waals surface area (Å²) in [7, 11) is 0. The van der Waals surface area contributed by atoms with E-state index in [0.29, 0.717) is 16.7 Å². The first-order chi connectivity index (χ1) is 7.65. The summed E-state index contributed by atoms with van der Waals surface area (Å²) in [4.78, 5) is 7.86. The van der Waals surface area contributed by atoms with Crippen LogP contribution in [0.25, 0.3) is 0 Å². The molecule has 1 aromatic heterocycles. The molecule has 4 nitrogen and oxygen atoms in total. The first kappa shape index (κ1) is 10.7. The molecule has 0 atom stereocenters.